The lowest BCUT2D eigenvalue weighted by molar-refractivity contribution is -0.0537. The molecule has 5 atom stereocenters. The van der Waals surface area contributed by atoms with Crippen molar-refractivity contribution in [3.8, 4) is 18.1 Å². The summed E-state index contributed by atoms with van der Waals surface area (Å²) in [5.41, 5.74) is 2.86. The molecule has 2 fully saturated rings. The number of rotatable bonds is 4. The summed E-state index contributed by atoms with van der Waals surface area (Å²) in [6.07, 6.45) is 13.3. The molecular weight excluding hydrogens is 400 g/mol. The summed E-state index contributed by atoms with van der Waals surface area (Å²) in [5, 5.41) is 0. The van der Waals surface area contributed by atoms with Crippen molar-refractivity contribution in [2.24, 2.45) is 17.3 Å². The molecule has 5 unspecified atom stereocenters. The van der Waals surface area contributed by atoms with E-state index in [0.29, 0.717) is 11.8 Å². The Morgan fingerprint density at radius 1 is 1.00 bits per heavy atom. The van der Waals surface area contributed by atoms with Gasteiger partial charge < -0.3 is 8.85 Å². The van der Waals surface area contributed by atoms with Crippen molar-refractivity contribution in [2.45, 2.75) is 96.2 Å². The lowest BCUT2D eigenvalue weighted by Crippen LogP contribution is -2.54. The molecule has 0 heterocycles. The van der Waals surface area contributed by atoms with E-state index in [1.54, 1.807) is 5.56 Å². The van der Waals surface area contributed by atoms with Gasteiger partial charge in [0.05, 0.1) is 0 Å². The van der Waals surface area contributed by atoms with Gasteiger partial charge in [0.15, 0.2) is 8.32 Å². The van der Waals surface area contributed by atoms with E-state index in [0.717, 1.165) is 18.1 Å². The number of aryl methyl sites for hydroxylation is 1. The molecule has 4 heteroatoms. The largest absolute Gasteiger partial charge is 0.544 e. The minimum absolute atomic E-state index is 0.113. The van der Waals surface area contributed by atoms with Crippen LogP contribution in [0.1, 0.15) is 56.1 Å². The molecule has 0 amide bonds. The smallest absolute Gasteiger partial charge is 0.242 e. The molecule has 0 spiro atoms. The fraction of sp³-hybridized carbons (Fsp3) is 0.692. The van der Waals surface area contributed by atoms with Crippen molar-refractivity contribution in [3.63, 3.8) is 0 Å². The highest BCUT2D eigenvalue weighted by molar-refractivity contribution is 6.70. The second-order valence-corrected chi connectivity index (χ2v) is 21.0. The SMILES string of the molecule is C#CC1(O[Si](C)(C)C)CCC2C3CCc4cc(O[Si](C)(C)C)ccc4C3CCC21C. The van der Waals surface area contributed by atoms with E-state index in [2.05, 4.69) is 70.3 Å². The van der Waals surface area contributed by atoms with Gasteiger partial charge in [0.1, 0.15) is 11.4 Å². The van der Waals surface area contributed by atoms with Gasteiger partial charge in [-0.3, -0.25) is 0 Å². The number of fused-ring (bicyclic) bond motifs is 5. The highest BCUT2D eigenvalue weighted by Crippen LogP contribution is 2.65. The quantitative estimate of drug-likeness (QED) is 0.371. The maximum atomic E-state index is 6.81. The van der Waals surface area contributed by atoms with Gasteiger partial charge in [-0.05, 0) is 119 Å². The van der Waals surface area contributed by atoms with E-state index in [-0.39, 0.29) is 11.0 Å². The molecule has 2 nitrogen and oxygen atoms in total. The van der Waals surface area contributed by atoms with Crippen LogP contribution in [-0.2, 0) is 10.8 Å². The predicted molar refractivity (Wildman–Crippen MR) is 131 cm³/mol. The van der Waals surface area contributed by atoms with E-state index in [1.807, 2.05) is 0 Å². The molecule has 0 radical (unpaired) electrons. The maximum absolute atomic E-state index is 6.81. The Morgan fingerprint density at radius 3 is 2.37 bits per heavy atom. The fourth-order valence-corrected chi connectivity index (χ4v) is 9.20. The Kier molecular flexibility index (Phi) is 5.36. The van der Waals surface area contributed by atoms with Crippen molar-refractivity contribution in [3.05, 3.63) is 29.3 Å². The summed E-state index contributed by atoms with van der Waals surface area (Å²) in [4.78, 5) is 0. The summed E-state index contributed by atoms with van der Waals surface area (Å²) in [7, 11) is -3.29. The second-order valence-electron chi connectivity index (χ2n) is 12.2. The predicted octanol–water partition coefficient (Wildman–Crippen LogP) is 6.98. The lowest BCUT2D eigenvalue weighted by Gasteiger charge is -2.54. The topological polar surface area (TPSA) is 18.5 Å². The van der Waals surface area contributed by atoms with Crippen LogP contribution in [0.3, 0.4) is 0 Å². The zero-order chi connectivity index (χ0) is 21.9. The van der Waals surface area contributed by atoms with Gasteiger partial charge >= 0.3 is 0 Å². The first-order chi connectivity index (χ1) is 13.9. The van der Waals surface area contributed by atoms with Gasteiger partial charge in [-0.15, -0.1) is 6.42 Å². The third-order valence-electron chi connectivity index (χ3n) is 7.96. The number of benzene rings is 1. The van der Waals surface area contributed by atoms with Gasteiger partial charge in [-0.25, -0.2) is 0 Å². The van der Waals surface area contributed by atoms with Crippen LogP contribution in [0.2, 0.25) is 39.3 Å². The minimum Gasteiger partial charge on any atom is -0.544 e. The molecule has 3 aliphatic rings. The zero-order valence-electron chi connectivity index (χ0n) is 20.1. The summed E-state index contributed by atoms with van der Waals surface area (Å²) >= 11 is 0. The molecule has 0 aromatic heterocycles. The monoisotopic (exact) mass is 440 g/mol. The molecular formula is C26H40O2Si2. The second kappa shape index (κ2) is 7.25. The first kappa shape index (κ1) is 22.2. The van der Waals surface area contributed by atoms with Crippen LogP contribution < -0.4 is 4.43 Å². The van der Waals surface area contributed by atoms with Crippen LogP contribution in [0, 0.1) is 29.6 Å². The average molecular weight is 441 g/mol. The third kappa shape index (κ3) is 3.72. The molecule has 0 saturated heterocycles. The number of hydrogen-bond acceptors (Lipinski definition) is 2. The van der Waals surface area contributed by atoms with E-state index in [4.69, 9.17) is 15.3 Å². The Hall–Kier alpha value is -1.03. The number of hydrogen-bond donors (Lipinski definition) is 0. The van der Waals surface area contributed by atoms with Crippen molar-refractivity contribution in [1.29, 1.82) is 0 Å². The first-order valence-corrected chi connectivity index (χ1v) is 18.7. The van der Waals surface area contributed by atoms with Crippen LogP contribution in [0.4, 0.5) is 0 Å². The summed E-state index contributed by atoms with van der Waals surface area (Å²) in [5.74, 6) is 6.38. The Bertz CT molecular complexity index is 859. The molecule has 0 bridgehead atoms. The van der Waals surface area contributed by atoms with Crippen LogP contribution in [0.15, 0.2) is 18.2 Å². The Balaban J connectivity index is 1.62. The van der Waals surface area contributed by atoms with Gasteiger partial charge in [0, 0.05) is 5.41 Å². The summed E-state index contributed by atoms with van der Waals surface area (Å²) in [6, 6.07) is 6.94. The molecule has 1 aromatic carbocycles. The number of terminal acetylenes is 1. The molecule has 2 saturated carbocycles. The van der Waals surface area contributed by atoms with E-state index in [1.165, 1.54) is 37.7 Å². The molecule has 0 aliphatic heterocycles. The van der Waals surface area contributed by atoms with Crippen molar-refractivity contribution in [2.75, 3.05) is 0 Å². The third-order valence-corrected chi connectivity index (χ3v) is 9.76. The van der Waals surface area contributed by atoms with Crippen molar-refractivity contribution in [1.82, 2.24) is 0 Å². The molecule has 3 aliphatic carbocycles. The van der Waals surface area contributed by atoms with Crippen LogP contribution in [0.25, 0.3) is 0 Å². The highest BCUT2D eigenvalue weighted by atomic mass is 28.4. The minimum atomic E-state index is -1.72. The Morgan fingerprint density at radius 2 is 1.73 bits per heavy atom. The maximum Gasteiger partial charge on any atom is 0.242 e. The van der Waals surface area contributed by atoms with Crippen LogP contribution >= 0.6 is 0 Å². The normalized spacial score (nSPS) is 35.7. The van der Waals surface area contributed by atoms with E-state index in [9.17, 15) is 0 Å². The Labute approximate surface area is 186 Å². The summed E-state index contributed by atoms with van der Waals surface area (Å²) < 4.78 is 13.1. The van der Waals surface area contributed by atoms with Crippen molar-refractivity contribution >= 4 is 16.6 Å². The van der Waals surface area contributed by atoms with Gasteiger partial charge in [-0.2, -0.15) is 0 Å². The van der Waals surface area contributed by atoms with Gasteiger partial charge in [-0.1, -0.05) is 18.9 Å². The lowest BCUT2D eigenvalue weighted by atomic mass is 9.53. The van der Waals surface area contributed by atoms with Crippen LogP contribution in [-0.4, -0.2) is 22.2 Å². The highest BCUT2D eigenvalue weighted by Gasteiger charge is 2.63. The van der Waals surface area contributed by atoms with Gasteiger partial charge in [0.25, 0.3) is 0 Å². The molecule has 1 aromatic rings. The average Bonchev–Trinajstić information content (AvgIpc) is 2.91. The molecule has 0 N–H and O–H groups in total. The molecule has 4 rings (SSSR count). The standard InChI is InChI=1S/C26H40O2Si2/c1-9-26(28-30(6,7)8)17-15-24-23-12-10-19-18-20(27-29(3,4)5)11-13-21(19)22(23)14-16-25(24,26)2/h1,11,13,18,22-24H,10,12,14-17H2,2-8H3. The van der Waals surface area contributed by atoms with Crippen molar-refractivity contribution < 1.29 is 8.85 Å². The van der Waals surface area contributed by atoms with E-state index >= 15 is 0 Å². The van der Waals surface area contributed by atoms with Crippen LogP contribution in [0.5, 0.6) is 5.75 Å². The zero-order valence-corrected chi connectivity index (χ0v) is 22.1. The first-order valence-electron chi connectivity index (χ1n) is 11.9. The molecule has 164 valence electrons. The summed E-state index contributed by atoms with van der Waals surface area (Å²) in [6.45, 7) is 16.1. The van der Waals surface area contributed by atoms with Gasteiger partial charge in [0.2, 0.25) is 8.32 Å². The molecule has 30 heavy (non-hydrogen) atoms. The van der Waals surface area contributed by atoms with E-state index < -0.39 is 16.6 Å². The fourth-order valence-electron chi connectivity index (χ4n) is 6.93.